The first-order valence-electron chi connectivity index (χ1n) is 7.64. The van der Waals surface area contributed by atoms with Crippen LogP contribution in [-0.4, -0.2) is 35.9 Å². The van der Waals surface area contributed by atoms with Crippen molar-refractivity contribution in [2.75, 3.05) is 11.9 Å². The van der Waals surface area contributed by atoms with Gasteiger partial charge in [-0.2, -0.15) is 8.78 Å². The zero-order chi connectivity index (χ0) is 17.9. The van der Waals surface area contributed by atoms with Crippen LogP contribution in [0.4, 0.5) is 18.9 Å². The molecule has 1 atom stereocenters. The number of amides is 2. The van der Waals surface area contributed by atoms with Crippen molar-refractivity contribution in [3.05, 3.63) is 24.0 Å². The topological polar surface area (TPSA) is 58.6 Å². The first-order chi connectivity index (χ1) is 11.3. The molecule has 2 rings (SSSR count). The summed E-state index contributed by atoms with van der Waals surface area (Å²) in [6.07, 6.45) is 1.11. The molecule has 132 valence electrons. The van der Waals surface area contributed by atoms with Gasteiger partial charge in [-0.1, -0.05) is 13.8 Å². The largest absolute Gasteiger partial charge is 0.432 e. The summed E-state index contributed by atoms with van der Waals surface area (Å²) in [5.41, 5.74) is 0.108. The van der Waals surface area contributed by atoms with E-state index in [0.29, 0.717) is 19.4 Å². The van der Waals surface area contributed by atoms with E-state index in [0.717, 1.165) is 12.1 Å². The van der Waals surface area contributed by atoms with Crippen LogP contribution in [0.2, 0.25) is 0 Å². The molecular weight excluding hydrogens is 325 g/mol. The number of alkyl halides is 2. The van der Waals surface area contributed by atoms with Crippen LogP contribution < -0.4 is 10.1 Å². The second-order valence-electron chi connectivity index (χ2n) is 5.89. The maximum absolute atomic E-state index is 13.7. The van der Waals surface area contributed by atoms with Gasteiger partial charge in [0.05, 0.1) is 0 Å². The molecule has 5 nitrogen and oxygen atoms in total. The highest BCUT2D eigenvalue weighted by Crippen LogP contribution is 2.24. The minimum absolute atomic E-state index is 0.0873. The number of nitrogens with zero attached hydrogens (tertiary/aromatic N) is 1. The third-order valence-corrected chi connectivity index (χ3v) is 3.76. The number of carbonyl (C=O) groups excluding carboxylic acids is 2. The number of benzene rings is 1. The number of anilines is 1. The Morgan fingerprint density at radius 2 is 2.04 bits per heavy atom. The van der Waals surface area contributed by atoms with Crippen molar-refractivity contribution in [2.45, 2.75) is 39.3 Å². The molecule has 1 aliphatic rings. The summed E-state index contributed by atoms with van der Waals surface area (Å²) >= 11 is 0. The van der Waals surface area contributed by atoms with Crippen molar-refractivity contribution >= 4 is 17.5 Å². The number of carbonyl (C=O) groups is 2. The first-order valence-corrected chi connectivity index (χ1v) is 7.64. The van der Waals surface area contributed by atoms with Crippen LogP contribution in [0.3, 0.4) is 0 Å². The molecular formula is C16H19F3N2O3. The van der Waals surface area contributed by atoms with Gasteiger partial charge >= 0.3 is 6.61 Å². The lowest BCUT2D eigenvalue weighted by Crippen LogP contribution is -2.47. The Morgan fingerprint density at radius 1 is 1.33 bits per heavy atom. The summed E-state index contributed by atoms with van der Waals surface area (Å²) < 4.78 is 42.0. The molecule has 1 aromatic carbocycles. The molecule has 0 spiro atoms. The van der Waals surface area contributed by atoms with Crippen LogP contribution >= 0.6 is 0 Å². The number of nitrogens with one attached hydrogen (secondary N) is 1. The molecule has 0 aliphatic carbocycles. The summed E-state index contributed by atoms with van der Waals surface area (Å²) in [7, 11) is 0. The molecule has 0 aromatic heterocycles. The average Bonchev–Trinajstić information content (AvgIpc) is 2.87. The van der Waals surface area contributed by atoms with E-state index in [1.807, 2.05) is 13.8 Å². The van der Waals surface area contributed by atoms with Crippen molar-refractivity contribution in [3.63, 3.8) is 0 Å². The van der Waals surface area contributed by atoms with Crippen LogP contribution in [-0.2, 0) is 9.59 Å². The molecule has 1 fully saturated rings. The lowest BCUT2D eigenvalue weighted by atomic mass is 10.0. The third kappa shape index (κ3) is 4.18. The Kier molecular flexibility index (Phi) is 5.69. The van der Waals surface area contributed by atoms with Crippen molar-refractivity contribution in [2.24, 2.45) is 5.92 Å². The molecule has 0 bridgehead atoms. The first kappa shape index (κ1) is 18.1. The van der Waals surface area contributed by atoms with Crippen LogP contribution in [0.5, 0.6) is 5.75 Å². The predicted octanol–water partition coefficient (Wildman–Crippen LogP) is 3.01. The van der Waals surface area contributed by atoms with E-state index >= 15 is 0 Å². The molecule has 1 saturated heterocycles. The van der Waals surface area contributed by atoms with Crippen molar-refractivity contribution in [1.82, 2.24) is 4.90 Å². The number of hydrogen-bond acceptors (Lipinski definition) is 3. The van der Waals surface area contributed by atoms with Gasteiger partial charge in [-0.15, -0.1) is 0 Å². The Hall–Kier alpha value is -2.25. The Morgan fingerprint density at radius 3 is 2.54 bits per heavy atom. The maximum atomic E-state index is 13.7. The second kappa shape index (κ2) is 7.55. The Balaban J connectivity index is 2.12. The van der Waals surface area contributed by atoms with E-state index in [9.17, 15) is 22.8 Å². The smallest absolute Gasteiger partial charge is 0.387 e. The van der Waals surface area contributed by atoms with Gasteiger partial charge in [-0.05, 0) is 24.5 Å². The Labute approximate surface area is 137 Å². The predicted molar refractivity (Wildman–Crippen MR) is 81.2 cm³/mol. The van der Waals surface area contributed by atoms with E-state index < -0.39 is 30.1 Å². The van der Waals surface area contributed by atoms with E-state index in [1.54, 1.807) is 0 Å². The molecule has 0 radical (unpaired) electrons. The number of ether oxygens (including phenoxy) is 1. The van der Waals surface area contributed by atoms with Gasteiger partial charge in [-0.25, -0.2) is 4.39 Å². The molecule has 0 saturated carbocycles. The fourth-order valence-electron chi connectivity index (χ4n) is 2.75. The van der Waals surface area contributed by atoms with Crippen LogP contribution in [0.25, 0.3) is 0 Å². The summed E-state index contributed by atoms with van der Waals surface area (Å²) in [6.45, 7) is 1.00. The third-order valence-electron chi connectivity index (χ3n) is 3.76. The molecule has 8 heteroatoms. The monoisotopic (exact) mass is 344 g/mol. The van der Waals surface area contributed by atoms with E-state index in [1.165, 1.54) is 11.0 Å². The number of likely N-dealkylation sites (tertiary alicyclic amines) is 1. The number of hydrogen-bond donors (Lipinski definition) is 1. The van der Waals surface area contributed by atoms with Gasteiger partial charge in [-0.3, -0.25) is 9.59 Å². The minimum atomic E-state index is -3.13. The van der Waals surface area contributed by atoms with Gasteiger partial charge < -0.3 is 15.0 Å². The second-order valence-corrected chi connectivity index (χ2v) is 5.89. The van der Waals surface area contributed by atoms with Gasteiger partial charge in [0.25, 0.3) is 0 Å². The summed E-state index contributed by atoms with van der Waals surface area (Å²) in [5.74, 6) is -2.26. The SMILES string of the molecule is CC(C)[C@H](C(=O)Nc1ccc(OC(F)F)c(F)c1)N1CCCC1=O. The standard InChI is InChI=1S/C16H19F3N2O3/c1-9(2)14(21-7-3-4-13(21)22)15(23)20-10-5-6-12(11(17)8-10)24-16(18)19/h5-6,8-9,14,16H,3-4,7H2,1-2H3,(H,20,23)/t14-/m1/s1. The average molecular weight is 344 g/mol. The van der Waals surface area contributed by atoms with Crippen molar-refractivity contribution in [3.8, 4) is 5.75 Å². The minimum Gasteiger partial charge on any atom is -0.432 e. The lowest BCUT2D eigenvalue weighted by molar-refractivity contribution is -0.136. The molecule has 1 aliphatic heterocycles. The van der Waals surface area contributed by atoms with Crippen molar-refractivity contribution < 1.29 is 27.5 Å². The van der Waals surface area contributed by atoms with Crippen LogP contribution in [0.1, 0.15) is 26.7 Å². The fraction of sp³-hybridized carbons (Fsp3) is 0.500. The normalized spacial score (nSPS) is 16.0. The quantitative estimate of drug-likeness (QED) is 0.863. The van der Waals surface area contributed by atoms with Crippen LogP contribution in [0, 0.1) is 11.7 Å². The highest BCUT2D eigenvalue weighted by atomic mass is 19.3. The molecule has 1 N–H and O–H groups in total. The molecule has 1 aromatic rings. The van der Waals surface area contributed by atoms with Gasteiger partial charge in [0.1, 0.15) is 6.04 Å². The number of halogens is 3. The van der Waals surface area contributed by atoms with Gasteiger partial charge in [0, 0.05) is 24.7 Å². The van der Waals surface area contributed by atoms with Gasteiger partial charge in [0.15, 0.2) is 11.6 Å². The molecule has 2 amide bonds. The van der Waals surface area contributed by atoms with Gasteiger partial charge in [0.2, 0.25) is 11.8 Å². The zero-order valence-corrected chi connectivity index (χ0v) is 13.4. The molecule has 0 unspecified atom stereocenters. The number of rotatable bonds is 6. The summed E-state index contributed by atoms with van der Waals surface area (Å²) in [4.78, 5) is 25.9. The fourth-order valence-corrected chi connectivity index (χ4v) is 2.75. The zero-order valence-electron chi connectivity index (χ0n) is 13.4. The van der Waals surface area contributed by atoms with Crippen LogP contribution in [0.15, 0.2) is 18.2 Å². The van der Waals surface area contributed by atoms with E-state index in [4.69, 9.17) is 0 Å². The van der Waals surface area contributed by atoms with E-state index in [2.05, 4.69) is 10.1 Å². The molecule has 1 heterocycles. The van der Waals surface area contributed by atoms with Crippen molar-refractivity contribution in [1.29, 1.82) is 0 Å². The summed E-state index contributed by atoms with van der Waals surface area (Å²) in [5, 5.41) is 2.53. The van der Waals surface area contributed by atoms with E-state index in [-0.39, 0.29) is 17.5 Å². The summed E-state index contributed by atoms with van der Waals surface area (Å²) in [6, 6.07) is 2.52. The molecule has 24 heavy (non-hydrogen) atoms. The Bertz CT molecular complexity index is 623. The highest BCUT2D eigenvalue weighted by Gasteiger charge is 2.35. The maximum Gasteiger partial charge on any atom is 0.387 e. The lowest BCUT2D eigenvalue weighted by Gasteiger charge is -2.29. The highest BCUT2D eigenvalue weighted by molar-refractivity contribution is 5.97.